The number of thioether (sulfide) groups is 1. The Balaban J connectivity index is 1.89. The Morgan fingerprint density at radius 1 is 1.07 bits per heavy atom. The number of hydrogen-bond donors (Lipinski definition) is 1. The number of nitrogens with one attached hydrogen (secondary N) is 1. The number of amides is 1. The Kier molecular flexibility index (Phi) is 6.18. The summed E-state index contributed by atoms with van der Waals surface area (Å²) in [5, 5.41) is 3.29. The van der Waals surface area contributed by atoms with Crippen LogP contribution < -0.4 is 5.32 Å². The van der Waals surface area contributed by atoms with Crippen LogP contribution in [0.4, 0.5) is 5.69 Å². The molecule has 1 aliphatic carbocycles. The molecule has 7 heteroatoms. The van der Waals surface area contributed by atoms with Crippen LogP contribution >= 0.6 is 23.4 Å². The van der Waals surface area contributed by atoms with Crippen molar-refractivity contribution < 1.29 is 13.2 Å². The van der Waals surface area contributed by atoms with Crippen LogP contribution in [0.25, 0.3) is 0 Å². The number of carbonyl (C=O) groups is 1. The molecule has 1 saturated carbocycles. The second-order valence-electron chi connectivity index (χ2n) is 6.74. The maximum absolute atomic E-state index is 13.3. The van der Waals surface area contributed by atoms with Gasteiger partial charge in [0.1, 0.15) is 0 Å². The third-order valence-electron chi connectivity index (χ3n) is 4.99. The van der Waals surface area contributed by atoms with Crippen LogP contribution in [0.5, 0.6) is 0 Å². The first-order valence-corrected chi connectivity index (χ1v) is 12.0. The molecule has 0 saturated heterocycles. The van der Waals surface area contributed by atoms with E-state index in [-0.39, 0.29) is 4.90 Å². The molecule has 0 heterocycles. The molecule has 0 bridgehead atoms. The van der Waals surface area contributed by atoms with Gasteiger partial charge >= 0.3 is 0 Å². The summed E-state index contributed by atoms with van der Waals surface area (Å²) in [6, 6.07) is 13.6. The van der Waals surface area contributed by atoms with Crippen molar-refractivity contribution in [2.75, 3.05) is 11.6 Å². The summed E-state index contributed by atoms with van der Waals surface area (Å²) in [6.07, 6.45) is 4.11. The molecule has 1 N–H and O–H groups in total. The molecule has 0 atom stereocenters. The van der Waals surface area contributed by atoms with Gasteiger partial charge in [-0.1, -0.05) is 36.6 Å². The fourth-order valence-electron chi connectivity index (χ4n) is 3.50. The minimum Gasteiger partial charge on any atom is -0.325 e. The Labute approximate surface area is 169 Å². The van der Waals surface area contributed by atoms with Gasteiger partial charge in [0.25, 0.3) is 0 Å². The summed E-state index contributed by atoms with van der Waals surface area (Å²) in [7, 11) is -3.83. The van der Waals surface area contributed by atoms with Gasteiger partial charge in [0, 0.05) is 16.5 Å². The summed E-state index contributed by atoms with van der Waals surface area (Å²) in [4.78, 5) is 13.3. The molecule has 27 heavy (non-hydrogen) atoms. The van der Waals surface area contributed by atoms with E-state index in [1.807, 2.05) is 30.5 Å². The van der Waals surface area contributed by atoms with E-state index in [9.17, 15) is 13.2 Å². The van der Waals surface area contributed by atoms with E-state index in [0.29, 0.717) is 36.4 Å². The van der Waals surface area contributed by atoms with Gasteiger partial charge in [-0.2, -0.15) is 11.8 Å². The van der Waals surface area contributed by atoms with Crippen LogP contribution in [0.1, 0.15) is 31.2 Å². The number of hydrogen-bond acceptors (Lipinski definition) is 4. The highest BCUT2D eigenvalue weighted by atomic mass is 35.5. The fraction of sp³-hybridized carbons (Fsp3) is 0.350. The van der Waals surface area contributed by atoms with Gasteiger partial charge in [-0.25, -0.2) is 8.42 Å². The Morgan fingerprint density at radius 2 is 1.67 bits per heavy atom. The maximum atomic E-state index is 13.3. The van der Waals surface area contributed by atoms with Crippen molar-refractivity contribution in [1.82, 2.24) is 0 Å². The van der Waals surface area contributed by atoms with Crippen molar-refractivity contribution in [3.8, 4) is 0 Å². The van der Waals surface area contributed by atoms with Crippen molar-refractivity contribution in [2.45, 2.75) is 41.1 Å². The van der Waals surface area contributed by atoms with Crippen LogP contribution in [-0.2, 0) is 20.4 Å². The van der Waals surface area contributed by atoms with Crippen molar-refractivity contribution in [3.63, 3.8) is 0 Å². The van der Waals surface area contributed by atoms with Gasteiger partial charge in [-0.05, 0) is 61.1 Å². The summed E-state index contributed by atoms with van der Waals surface area (Å²) in [6.45, 7) is 0. The zero-order valence-electron chi connectivity index (χ0n) is 15.1. The first kappa shape index (κ1) is 20.2. The molecule has 2 aromatic rings. The molecule has 4 nitrogen and oxygen atoms in total. The van der Waals surface area contributed by atoms with E-state index >= 15 is 0 Å². The van der Waals surface area contributed by atoms with Crippen molar-refractivity contribution in [1.29, 1.82) is 0 Å². The molecule has 3 rings (SSSR count). The topological polar surface area (TPSA) is 63.2 Å². The molecule has 0 aliphatic heterocycles. The minimum atomic E-state index is -3.83. The highest BCUT2D eigenvalue weighted by molar-refractivity contribution is 7.97. The van der Waals surface area contributed by atoms with Gasteiger partial charge < -0.3 is 5.32 Å². The van der Waals surface area contributed by atoms with E-state index < -0.39 is 20.5 Å². The van der Waals surface area contributed by atoms with Crippen LogP contribution in [0.2, 0.25) is 5.02 Å². The quantitative estimate of drug-likeness (QED) is 0.715. The van der Waals surface area contributed by atoms with Gasteiger partial charge in [0.05, 0.1) is 4.90 Å². The van der Waals surface area contributed by atoms with Crippen molar-refractivity contribution in [2.24, 2.45) is 0 Å². The highest BCUT2D eigenvalue weighted by Crippen LogP contribution is 2.41. The molecule has 1 amide bonds. The first-order chi connectivity index (χ1) is 12.9. The van der Waals surface area contributed by atoms with Crippen LogP contribution in [0.3, 0.4) is 0 Å². The Morgan fingerprint density at radius 3 is 2.22 bits per heavy atom. The SMILES string of the molecule is CSCc1ccc(NC(=O)C2(S(=O)(=O)c3ccc(Cl)cc3)CCCC2)cc1. The number of carbonyl (C=O) groups excluding carboxylic acids is 1. The second kappa shape index (κ2) is 8.25. The standard InChI is InChI=1S/C20H22ClNO3S2/c1-26-14-15-4-8-17(9-5-15)22-19(23)20(12-2-3-13-20)27(24,25)18-10-6-16(21)7-11-18/h4-11H,2-3,12-14H2,1H3,(H,22,23). The van der Waals surface area contributed by atoms with Gasteiger partial charge in [0.15, 0.2) is 14.6 Å². The fourth-order valence-corrected chi connectivity index (χ4v) is 6.22. The predicted octanol–water partition coefficient (Wildman–Crippen LogP) is 4.93. The van der Waals surface area contributed by atoms with Gasteiger partial charge in [0.2, 0.25) is 5.91 Å². The molecule has 1 fully saturated rings. The average molecular weight is 424 g/mol. The zero-order valence-corrected chi connectivity index (χ0v) is 17.5. The summed E-state index contributed by atoms with van der Waals surface area (Å²) < 4.78 is 25.2. The van der Waals surface area contributed by atoms with E-state index in [1.165, 1.54) is 12.1 Å². The second-order valence-corrected chi connectivity index (χ2v) is 10.3. The van der Waals surface area contributed by atoms with E-state index in [1.54, 1.807) is 23.9 Å². The van der Waals surface area contributed by atoms with E-state index in [2.05, 4.69) is 5.32 Å². The maximum Gasteiger partial charge on any atom is 0.246 e. The number of halogens is 1. The van der Waals surface area contributed by atoms with Crippen LogP contribution in [0.15, 0.2) is 53.4 Å². The molecule has 0 aromatic heterocycles. The van der Waals surface area contributed by atoms with E-state index in [4.69, 9.17) is 11.6 Å². The predicted molar refractivity (Wildman–Crippen MR) is 112 cm³/mol. The lowest BCUT2D eigenvalue weighted by Crippen LogP contribution is -2.47. The lowest BCUT2D eigenvalue weighted by Gasteiger charge is -2.27. The largest absolute Gasteiger partial charge is 0.325 e. The summed E-state index contributed by atoms with van der Waals surface area (Å²) in [5.74, 6) is 0.441. The van der Waals surface area contributed by atoms with E-state index in [0.717, 1.165) is 11.3 Å². The molecule has 0 spiro atoms. The molecular formula is C20H22ClNO3S2. The van der Waals surface area contributed by atoms with Crippen molar-refractivity contribution >= 4 is 44.8 Å². The number of rotatable bonds is 6. The minimum absolute atomic E-state index is 0.138. The van der Waals surface area contributed by atoms with Gasteiger partial charge in [-0.15, -0.1) is 0 Å². The number of benzene rings is 2. The molecule has 1 aliphatic rings. The van der Waals surface area contributed by atoms with Crippen molar-refractivity contribution in [3.05, 3.63) is 59.1 Å². The smallest absolute Gasteiger partial charge is 0.246 e. The third-order valence-corrected chi connectivity index (χ3v) is 8.38. The monoisotopic (exact) mass is 423 g/mol. The molecular weight excluding hydrogens is 402 g/mol. The third kappa shape index (κ3) is 4.03. The number of anilines is 1. The molecule has 2 aromatic carbocycles. The molecule has 0 unspecified atom stereocenters. The zero-order chi connectivity index (χ0) is 19.5. The Bertz CT molecular complexity index is 903. The highest BCUT2D eigenvalue weighted by Gasteiger charge is 2.52. The van der Waals surface area contributed by atoms with Gasteiger partial charge in [-0.3, -0.25) is 4.79 Å². The number of sulfone groups is 1. The summed E-state index contributed by atoms with van der Waals surface area (Å²) in [5.41, 5.74) is 1.77. The lowest BCUT2D eigenvalue weighted by molar-refractivity contribution is -0.118. The first-order valence-electron chi connectivity index (χ1n) is 8.79. The normalized spacial score (nSPS) is 16.2. The lowest BCUT2D eigenvalue weighted by atomic mass is 10.1. The van der Waals surface area contributed by atoms with Crippen LogP contribution in [0, 0.1) is 0 Å². The molecule has 144 valence electrons. The molecule has 0 radical (unpaired) electrons. The average Bonchev–Trinajstić information content (AvgIpc) is 3.16. The van der Waals surface area contributed by atoms with Crippen LogP contribution in [-0.4, -0.2) is 25.3 Å². The summed E-state index contributed by atoms with van der Waals surface area (Å²) >= 11 is 7.61. The Hall–Kier alpha value is -1.50.